The molecule has 6 heteroatoms. The monoisotopic (exact) mass is 376 g/mol. The lowest BCUT2D eigenvalue weighted by molar-refractivity contribution is 0.395. The lowest BCUT2D eigenvalue weighted by Gasteiger charge is -2.14. The molecule has 0 saturated carbocycles. The van der Waals surface area contributed by atoms with E-state index < -0.39 is 34.8 Å². The van der Waals surface area contributed by atoms with Gasteiger partial charge in [-0.25, -0.2) is 17.6 Å². The Hall–Kier alpha value is -3.02. The van der Waals surface area contributed by atoms with E-state index in [1.54, 1.807) is 31.2 Å². The molecule has 3 aromatic rings. The Bertz CT molecular complexity index is 938. The molecule has 0 fully saturated rings. The van der Waals surface area contributed by atoms with E-state index in [1.807, 2.05) is 0 Å². The SMILES string of the molecule is CC(c1ccc(Cc2cc(F)c(O)c(F)c2)cc1)c1cc(F)c(O)c(F)c1. The highest BCUT2D eigenvalue weighted by Crippen LogP contribution is 2.30. The number of halogens is 4. The molecule has 2 N–H and O–H groups in total. The van der Waals surface area contributed by atoms with Crippen LogP contribution in [-0.2, 0) is 6.42 Å². The van der Waals surface area contributed by atoms with Crippen LogP contribution in [0.1, 0.15) is 35.1 Å². The molecule has 0 aliphatic rings. The quantitative estimate of drug-likeness (QED) is 0.599. The van der Waals surface area contributed by atoms with E-state index in [0.717, 1.165) is 35.4 Å². The molecule has 3 rings (SSSR count). The third kappa shape index (κ3) is 3.89. The van der Waals surface area contributed by atoms with Gasteiger partial charge in [-0.05, 0) is 52.9 Å². The van der Waals surface area contributed by atoms with Crippen molar-refractivity contribution in [2.24, 2.45) is 0 Å². The van der Waals surface area contributed by atoms with Gasteiger partial charge in [0.1, 0.15) is 0 Å². The first kappa shape index (κ1) is 18.8. The van der Waals surface area contributed by atoms with Gasteiger partial charge in [-0.3, -0.25) is 0 Å². The molecule has 0 heterocycles. The normalized spacial score (nSPS) is 12.2. The second-order valence-corrected chi connectivity index (χ2v) is 6.38. The maximum absolute atomic E-state index is 13.5. The molecule has 0 aliphatic carbocycles. The molecule has 27 heavy (non-hydrogen) atoms. The molecule has 1 atom stereocenters. The van der Waals surface area contributed by atoms with Gasteiger partial charge in [0.15, 0.2) is 34.8 Å². The summed E-state index contributed by atoms with van der Waals surface area (Å²) in [6.45, 7) is 1.77. The molecule has 0 aromatic heterocycles. The largest absolute Gasteiger partial charge is 0.503 e. The van der Waals surface area contributed by atoms with Crippen LogP contribution in [0.25, 0.3) is 0 Å². The number of benzene rings is 3. The number of hydrogen-bond donors (Lipinski definition) is 2. The molecule has 0 radical (unpaired) electrons. The van der Waals surface area contributed by atoms with Crippen molar-refractivity contribution in [3.63, 3.8) is 0 Å². The fourth-order valence-electron chi connectivity index (χ4n) is 2.91. The maximum Gasteiger partial charge on any atom is 0.187 e. The van der Waals surface area contributed by atoms with Crippen LogP contribution < -0.4 is 0 Å². The molecule has 0 spiro atoms. The van der Waals surface area contributed by atoms with Crippen molar-refractivity contribution < 1.29 is 27.8 Å². The zero-order valence-corrected chi connectivity index (χ0v) is 14.3. The predicted molar refractivity (Wildman–Crippen MR) is 92.8 cm³/mol. The summed E-state index contributed by atoms with van der Waals surface area (Å²) in [6, 6.07) is 11.3. The Morgan fingerprint density at radius 3 is 1.59 bits per heavy atom. The third-order valence-electron chi connectivity index (χ3n) is 4.50. The van der Waals surface area contributed by atoms with E-state index >= 15 is 0 Å². The van der Waals surface area contributed by atoms with Gasteiger partial charge < -0.3 is 10.2 Å². The van der Waals surface area contributed by atoms with Crippen LogP contribution in [0.15, 0.2) is 48.5 Å². The van der Waals surface area contributed by atoms with Crippen molar-refractivity contribution in [2.75, 3.05) is 0 Å². The molecule has 2 nitrogen and oxygen atoms in total. The lowest BCUT2D eigenvalue weighted by Crippen LogP contribution is -1.99. The molecule has 0 amide bonds. The molecule has 0 aliphatic heterocycles. The standard InChI is InChI=1S/C21H16F4O2/c1-11(15-9-18(24)21(27)19(25)10-15)14-4-2-12(3-5-14)6-13-7-16(22)20(26)17(23)8-13/h2-5,7-11,26-27H,6H2,1H3. The summed E-state index contributed by atoms with van der Waals surface area (Å²) < 4.78 is 53.9. The Morgan fingerprint density at radius 2 is 1.11 bits per heavy atom. The summed E-state index contributed by atoms with van der Waals surface area (Å²) in [7, 11) is 0. The van der Waals surface area contributed by atoms with E-state index in [9.17, 15) is 22.7 Å². The van der Waals surface area contributed by atoms with Crippen LogP contribution in [0.3, 0.4) is 0 Å². The first-order valence-electron chi connectivity index (χ1n) is 8.20. The second kappa shape index (κ2) is 7.31. The summed E-state index contributed by atoms with van der Waals surface area (Å²) in [6.07, 6.45) is 0.255. The minimum atomic E-state index is -1.02. The topological polar surface area (TPSA) is 40.5 Å². The van der Waals surface area contributed by atoms with Gasteiger partial charge in [-0.15, -0.1) is 0 Å². The highest BCUT2D eigenvalue weighted by molar-refractivity contribution is 5.39. The zero-order valence-electron chi connectivity index (χ0n) is 14.3. The van der Waals surface area contributed by atoms with Crippen LogP contribution in [0.4, 0.5) is 17.6 Å². The van der Waals surface area contributed by atoms with E-state index in [1.165, 1.54) is 0 Å². The van der Waals surface area contributed by atoms with Crippen LogP contribution in [0, 0.1) is 23.3 Å². The van der Waals surface area contributed by atoms with E-state index in [2.05, 4.69) is 0 Å². The maximum atomic E-state index is 13.5. The summed E-state index contributed by atoms with van der Waals surface area (Å²) in [5, 5.41) is 18.3. The van der Waals surface area contributed by atoms with Gasteiger partial charge in [0, 0.05) is 5.92 Å². The molecule has 0 bridgehead atoms. The first-order valence-corrected chi connectivity index (χ1v) is 8.20. The second-order valence-electron chi connectivity index (χ2n) is 6.38. The molecule has 1 unspecified atom stereocenters. The number of rotatable bonds is 4. The molecular formula is C21H16F4O2. The third-order valence-corrected chi connectivity index (χ3v) is 4.50. The van der Waals surface area contributed by atoms with Crippen LogP contribution in [-0.4, -0.2) is 10.2 Å². The van der Waals surface area contributed by atoms with E-state index in [-0.39, 0.29) is 12.3 Å². The smallest absolute Gasteiger partial charge is 0.187 e. The summed E-state index contributed by atoms with van der Waals surface area (Å²) in [4.78, 5) is 0. The van der Waals surface area contributed by atoms with Crippen LogP contribution >= 0.6 is 0 Å². The lowest BCUT2D eigenvalue weighted by atomic mass is 9.91. The number of phenolic OH excluding ortho intramolecular Hbond substituents is 2. The molecular weight excluding hydrogens is 360 g/mol. The van der Waals surface area contributed by atoms with Crippen molar-refractivity contribution in [1.82, 2.24) is 0 Å². The van der Waals surface area contributed by atoms with Crippen molar-refractivity contribution >= 4 is 0 Å². The summed E-state index contributed by atoms with van der Waals surface area (Å²) in [5.41, 5.74) is 2.30. The summed E-state index contributed by atoms with van der Waals surface area (Å²) >= 11 is 0. The Balaban J connectivity index is 1.81. The number of hydrogen-bond acceptors (Lipinski definition) is 2. The average molecular weight is 376 g/mol. The minimum Gasteiger partial charge on any atom is -0.503 e. The average Bonchev–Trinajstić information content (AvgIpc) is 2.63. The van der Waals surface area contributed by atoms with Crippen molar-refractivity contribution in [3.05, 3.63) is 94.1 Å². The van der Waals surface area contributed by atoms with Crippen LogP contribution in [0.2, 0.25) is 0 Å². The summed E-state index contributed by atoms with van der Waals surface area (Å²) in [5.74, 6) is -6.42. The highest BCUT2D eigenvalue weighted by atomic mass is 19.1. The Kier molecular flexibility index (Phi) is 5.08. The fourth-order valence-corrected chi connectivity index (χ4v) is 2.91. The highest BCUT2D eigenvalue weighted by Gasteiger charge is 2.15. The number of phenols is 2. The van der Waals surface area contributed by atoms with Crippen LogP contribution in [0.5, 0.6) is 11.5 Å². The zero-order chi connectivity index (χ0) is 19.7. The fraction of sp³-hybridized carbons (Fsp3) is 0.143. The van der Waals surface area contributed by atoms with Crippen molar-refractivity contribution in [3.8, 4) is 11.5 Å². The number of aromatic hydroxyl groups is 2. The minimum absolute atomic E-state index is 0.255. The van der Waals surface area contributed by atoms with E-state index in [4.69, 9.17) is 5.11 Å². The molecule has 140 valence electrons. The Morgan fingerprint density at radius 1 is 0.667 bits per heavy atom. The molecule has 3 aromatic carbocycles. The van der Waals surface area contributed by atoms with Gasteiger partial charge in [0.2, 0.25) is 0 Å². The molecule has 0 saturated heterocycles. The van der Waals surface area contributed by atoms with Gasteiger partial charge in [0.25, 0.3) is 0 Å². The first-order chi connectivity index (χ1) is 12.8. The van der Waals surface area contributed by atoms with Gasteiger partial charge in [-0.2, -0.15) is 0 Å². The van der Waals surface area contributed by atoms with E-state index in [0.29, 0.717) is 11.1 Å². The Labute approximate surface area is 153 Å². The van der Waals surface area contributed by atoms with Gasteiger partial charge >= 0.3 is 0 Å². The van der Waals surface area contributed by atoms with Crippen molar-refractivity contribution in [2.45, 2.75) is 19.3 Å². The predicted octanol–water partition coefficient (Wildman–Crippen LogP) is 5.40. The van der Waals surface area contributed by atoms with Crippen molar-refractivity contribution in [1.29, 1.82) is 0 Å². The van der Waals surface area contributed by atoms with Gasteiger partial charge in [0.05, 0.1) is 0 Å². The van der Waals surface area contributed by atoms with Gasteiger partial charge in [-0.1, -0.05) is 31.2 Å².